The number of para-hydroxylation sites is 2. The fourth-order valence-electron chi connectivity index (χ4n) is 4.13. The van der Waals surface area contributed by atoms with E-state index in [1.54, 1.807) is 0 Å². The number of rotatable bonds is 9. The summed E-state index contributed by atoms with van der Waals surface area (Å²) >= 11 is 0. The Bertz CT molecular complexity index is 1230. The molecule has 0 radical (unpaired) electrons. The van der Waals surface area contributed by atoms with Gasteiger partial charge in [0.15, 0.2) is 0 Å². The number of aliphatic hydroxyl groups is 1. The van der Waals surface area contributed by atoms with E-state index in [1.807, 2.05) is 66.1 Å². The number of aryl methyl sites for hydroxylation is 2. The Kier molecular flexibility index (Phi) is 6.99. The molecule has 1 aromatic heterocycles. The second-order valence-electron chi connectivity index (χ2n) is 8.87. The van der Waals surface area contributed by atoms with Gasteiger partial charge in [-0.05, 0) is 72.9 Å². The molecule has 172 valence electrons. The molecule has 0 aliphatic heterocycles. The molecule has 4 aromatic rings. The molecule has 4 rings (SSSR count). The quantitative estimate of drug-likeness (QED) is 0.355. The van der Waals surface area contributed by atoms with Crippen molar-refractivity contribution in [3.63, 3.8) is 0 Å². The summed E-state index contributed by atoms with van der Waals surface area (Å²) in [7, 11) is 0. The number of aromatic nitrogens is 2. The van der Waals surface area contributed by atoms with Gasteiger partial charge in [-0.25, -0.2) is 4.98 Å². The van der Waals surface area contributed by atoms with Crippen LogP contribution in [0, 0.1) is 13.8 Å². The average Bonchev–Trinajstić information content (AvgIpc) is 3.13. The van der Waals surface area contributed by atoms with Crippen LogP contribution in [0.2, 0.25) is 0 Å². The molecule has 0 amide bonds. The van der Waals surface area contributed by atoms with Crippen LogP contribution < -0.4 is 9.47 Å². The summed E-state index contributed by atoms with van der Waals surface area (Å²) in [5.41, 5.74) is 5.52. The summed E-state index contributed by atoms with van der Waals surface area (Å²) in [5.74, 6) is 2.83. The molecular weight excluding hydrogens is 412 g/mol. The van der Waals surface area contributed by atoms with E-state index in [1.165, 1.54) is 11.1 Å². The largest absolute Gasteiger partial charge is 0.491 e. The summed E-state index contributed by atoms with van der Waals surface area (Å²) in [5, 5.41) is 10.7. The fraction of sp³-hybridized carbons (Fsp3) is 0.321. The molecule has 0 spiro atoms. The van der Waals surface area contributed by atoms with Gasteiger partial charge in [0.25, 0.3) is 0 Å². The zero-order valence-corrected chi connectivity index (χ0v) is 19.8. The van der Waals surface area contributed by atoms with Crippen LogP contribution in [0.4, 0.5) is 0 Å². The van der Waals surface area contributed by atoms with E-state index in [9.17, 15) is 5.11 Å². The van der Waals surface area contributed by atoms with Gasteiger partial charge < -0.3 is 19.1 Å². The lowest BCUT2D eigenvalue weighted by molar-refractivity contribution is 0.0917. The van der Waals surface area contributed by atoms with Crippen LogP contribution in [-0.2, 0) is 13.2 Å². The van der Waals surface area contributed by atoms with Crippen molar-refractivity contribution in [3.05, 3.63) is 89.2 Å². The van der Waals surface area contributed by atoms with Gasteiger partial charge in [0, 0.05) is 0 Å². The van der Waals surface area contributed by atoms with E-state index in [-0.39, 0.29) is 6.61 Å². The highest BCUT2D eigenvalue weighted by Crippen LogP contribution is 2.25. The third kappa shape index (κ3) is 5.55. The molecule has 1 unspecified atom stereocenters. The number of imidazole rings is 1. The highest BCUT2D eigenvalue weighted by atomic mass is 16.5. The highest BCUT2D eigenvalue weighted by molar-refractivity contribution is 5.75. The van der Waals surface area contributed by atoms with Crippen LogP contribution in [0.3, 0.4) is 0 Å². The third-order valence-corrected chi connectivity index (χ3v) is 5.79. The van der Waals surface area contributed by atoms with Crippen molar-refractivity contribution in [3.8, 4) is 11.5 Å². The third-order valence-electron chi connectivity index (χ3n) is 5.79. The van der Waals surface area contributed by atoms with E-state index in [0.29, 0.717) is 19.1 Å². The minimum Gasteiger partial charge on any atom is -0.491 e. The zero-order chi connectivity index (χ0) is 23.4. The number of fused-ring (bicyclic) bond motifs is 1. The molecule has 0 saturated carbocycles. The average molecular weight is 445 g/mol. The number of benzene rings is 3. The smallest absolute Gasteiger partial charge is 0.148 e. The summed E-state index contributed by atoms with van der Waals surface area (Å²) < 4.78 is 13.9. The van der Waals surface area contributed by atoms with Crippen LogP contribution in [0.25, 0.3) is 11.0 Å². The summed E-state index contributed by atoms with van der Waals surface area (Å²) in [4.78, 5) is 4.76. The maximum absolute atomic E-state index is 10.7. The van der Waals surface area contributed by atoms with Crippen LogP contribution in [0.15, 0.2) is 66.7 Å². The van der Waals surface area contributed by atoms with Crippen molar-refractivity contribution in [1.82, 2.24) is 9.55 Å². The minimum atomic E-state index is -0.686. The number of ether oxygens (including phenoxy) is 2. The van der Waals surface area contributed by atoms with Gasteiger partial charge in [0.2, 0.25) is 0 Å². The van der Waals surface area contributed by atoms with Crippen LogP contribution in [-0.4, -0.2) is 27.4 Å². The Labute approximate surface area is 195 Å². The van der Waals surface area contributed by atoms with Gasteiger partial charge in [-0.2, -0.15) is 0 Å². The SMILES string of the molecule is Cc1cccc(OCC(O)Cn2c(COc3ccc(C(C)C)c(C)c3)nc3ccccc32)c1. The molecule has 5 nitrogen and oxygen atoms in total. The Morgan fingerprint density at radius 1 is 0.909 bits per heavy atom. The van der Waals surface area contributed by atoms with Gasteiger partial charge in [0.1, 0.15) is 36.6 Å². The minimum absolute atomic E-state index is 0.201. The van der Waals surface area contributed by atoms with Gasteiger partial charge in [-0.15, -0.1) is 0 Å². The summed E-state index contributed by atoms with van der Waals surface area (Å²) in [6.07, 6.45) is -0.686. The molecule has 33 heavy (non-hydrogen) atoms. The number of hydrogen-bond donors (Lipinski definition) is 1. The molecule has 0 aliphatic carbocycles. The molecule has 0 fully saturated rings. The molecule has 0 aliphatic rings. The van der Waals surface area contributed by atoms with Crippen molar-refractivity contribution >= 4 is 11.0 Å². The van der Waals surface area contributed by atoms with E-state index in [0.717, 1.165) is 33.9 Å². The maximum Gasteiger partial charge on any atom is 0.148 e. The fourth-order valence-corrected chi connectivity index (χ4v) is 4.13. The Morgan fingerprint density at radius 2 is 1.70 bits per heavy atom. The Morgan fingerprint density at radius 3 is 2.45 bits per heavy atom. The number of aliphatic hydroxyl groups excluding tert-OH is 1. The van der Waals surface area contributed by atoms with E-state index in [4.69, 9.17) is 14.5 Å². The van der Waals surface area contributed by atoms with Crippen LogP contribution in [0.1, 0.15) is 42.3 Å². The first-order valence-electron chi connectivity index (χ1n) is 11.5. The summed E-state index contributed by atoms with van der Waals surface area (Å²) in [6, 6.07) is 22.0. The monoisotopic (exact) mass is 444 g/mol. The lowest BCUT2D eigenvalue weighted by atomic mass is 9.98. The first-order chi connectivity index (χ1) is 15.9. The van der Waals surface area contributed by atoms with Crippen molar-refractivity contribution < 1.29 is 14.6 Å². The number of nitrogens with zero attached hydrogens (tertiary/aromatic N) is 2. The van der Waals surface area contributed by atoms with Crippen LogP contribution in [0.5, 0.6) is 11.5 Å². The predicted molar refractivity (Wildman–Crippen MR) is 132 cm³/mol. The molecule has 1 atom stereocenters. The second-order valence-corrected chi connectivity index (χ2v) is 8.87. The topological polar surface area (TPSA) is 56.5 Å². The van der Waals surface area contributed by atoms with Gasteiger partial charge in [-0.1, -0.05) is 44.2 Å². The second kappa shape index (κ2) is 10.1. The molecule has 1 heterocycles. The lowest BCUT2D eigenvalue weighted by Gasteiger charge is -2.16. The molecule has 0 bridgehead atoms. The molecular formula is C28H32N2O3. The van der Waals surface area contributed by atoms with Crippen molar-refractivity contribution in [2.24, 2.45) is 0 Å². The van der Waals surface area contributed by atoms with E-state index < -0.39 is 6.10 Å². The highest BCUT2D eigenvalue weighted by Gasteiger charge is 2.16. The van der Waals surface area contributed by atoms with Crippen LogP contribution >= 0.6 is 0 Å². The lowest BCUT2D eigenvalue weighted by Crippen LogP contribution is -2.25. The molecule has 3 aromatic carbocycles. The normalized spacial score (nSPS) is 12.3. The van der Waals surface area contributed by atoms with Crippen molar-refractivity contribution in [2.45, 2.75) is 52.9 Å². The first-order valence-corrected chi connectivity index (χ1v) is 11.5. The van der Waals surface area contributed by atoms with Gasteiger partial charge >= 0.3 is 0 Å². The Balaban J connectivity index is 1.49. The Hall–Kier alpha value is -3.31. The molecule has 0 saturated heterocycles. The summed E-state index contributed by atoms with van der Waals surface area (Å²) in [6.45, 7) is 9.41. The standard InChI is InChI=1S/C28H32N2O3/c1-19(2)25-13-12-24(15-21(25)4)33-18-28-29-26-10-5-6-11-27(26)30(28)16-22(31)17-32-23-9-7-8-20(3)14-23/h5-15,19,22,31H,16-18H2,1-4H3. The van der Waals surface area contributed by atoms with Crippen molar-refractivity contribution in [1.29, 1.82) is 0 Å². The van der Waals surface area contributed by atoms with Gasteiger partial charge in [0.05, 0.1) is 17.6 Å². The first kappa shape index (κ1) is 22.9. The van der Waals surface area contributed by atoms with Crippen molar-refractivity contribution in [2.75, 3.05) is 6.61 Å². The van der Waals surface area contributed by atoms with Gasteiger partial charge in [-0.3, -0.25) is 0 Å². The maximum atomic E-state index is 10.7. The predicted octanol–water partition coefficient (Wildman–Crippen LogP) is 5.80. The van der Waals surface area contributed by atoms with E-state index in [2.05, 4.69) is 32.9 Å². The zero-order valence-electron chi connectivity index (χ0n) is 19.8. The van der Waals surface area contributed by atoms with E-state index >= 15 is 0 Å². The molecule has 5 heteroatoms. The number of hydrogen-bond acceptors (Lipinski definition) is 4. The molecule has 1 N–H and O–H groups in total.